The van der Waals surface area contributed by atoms with Crippen LogP contribution in [0.4, 0.5) is 4.39 Å². The fourth-order valence-corrected chi connectivity index (χ4v) is 1.53. The number of esters is 1. The lowest BCUT2D eigenvalue weighted by molar-refractivity contribution is -0.143. The molecular weight excluding hydrogens is 247 g/mol. The summed E-state index contributed by atoms with van der Waals surface area (Å²) in [5, 5.41) is 0. The average Bonchev–Trinajstić information content (AvgIpc) is 2.39. The summed E-state index contributed by atoms with van der Waals surface area (Å²) in [6, 6.07) is 4.34. The van der Waals surface area contributed by atoms with Crippen LogP contribution in [0.1, 0.15) is 48.5 Å². The van der Waals surface area contributed by atoms with Crippen molar-refractivity contribution in [1.82, 2.24) is 0 Å². The Hall–Kier alpha value is -1.71. The highest BCUT2D eigenvalue weighted by molar-refractivity contribution is 5.97. The number of Topliss-reactive ketones (excluding diaryl/α,β-unsaturated/α-hetero) is 1. The summed E-state index contributed by atoms with van der Waals surface area (Å²) < 4.78 is 18.2. The van der Waals surface area contributed by atoms with Crippen LogP contribution < -0.4 is 0 Å². The molecule has 4 heteroatoms. The van der Waals surface area contributed by atoms with Gasteiger partial charge in [0.2, 0.25) is 0 Å². The number of rotatable bonds is 7. The van der Waals surface area contributed by atoms with E-state index in [2.05, 4.69) is 0 Å². The first-order valence-corrected chi connectivity index (χ1v) is 6.49. The molecule has 0 amide bonds. The van der Waals surface area contributed by atoms with Gasteiger partial charge in [0.15, 0.2) is 5.78 Å². The number of ether oxygens (including phenoxy) is 1. The van der Waals surface area contributed by atoms with Crippen LogP contribution in [-0.2, 0) is 9.53 Å². The SMILES string of the molecule is CCCCOC(=O)CCC(=O)c1ccc(C)c(F)c1. The standard InChI is InChI=1S/C15H19FO3/c1-3-4-9-19-15(18)8-7-14(17)12-6-5-11(2)13(16)10-12/h5-6,10H,3-4,7-9H2,1-2H3. The highest BCUT2D eigenvalue weighted by Gasteiger charge is 2.11. The molecule has 0 atom stereocenters. The summed E-state index contributed by atoms with van der Waals surface area (Å²) in [4.78, 5) is 23.1. The van der Waals surface area contributed by atoms with E-state index in [0.29, 0.717) is 17.7 Å². The zero-order valence-corrected chi connectivity index (χ0v) is 11.4. The molecule has 0 radical (unpaired) electrons. The van der Waals surface area contributed by atoms with Crippen LogP contribution in [0.3, 0.4) is 0 Å². The van der Waals surface area contributed by atoms with Gasteiger partial charge in [0.25, 0.3) is 0 Å². The van der Waals surface area contributed by atoms with Crippen LogP contribution in [-0.4, -0.2) is 18.4 Å². The van der Waals surface area contributed by atoms with Crippen LogP contribution in [0, 0.1) is 12.7 Å². The maximum absolute atomic E-state index is 13.3. The van der Waals surface area contributed by atoms with Gasteiger partial charge in [0, 0.05) is 12.0 Å². The molecule has 1 aromatic rings. The molecule has 0 bridgehead atoms. The highest BCUT2D eigenvalue weighted by atomic mass is 19.1. The van der Waals surface area contributed by atoms with Crippen LogP contribution in [0.15, 0.2) is 18.2 Å². The second kappa shape index (κ2) is 7.67. The Balaban J connectivity index is 2.42. The lowest BCUT2D eigenvalue weighted by Crippen LogP contribution is -2.09. The van der Waals surface area contributed by atoms with Crippen LogP contribution in [0.5, 0.6) is 0 Å². The molecule has 1 aromatic carbocycles. The zero-order chi connectivity index (χ0) is 14.3. The van der Waals surface area contributed by atoms with E-state index >= 15 is 0 Å². The van der Waals surface area contributed by atoms with Crippen molar-refractivity contribution in [3.05, 3.63) is 35.1 Å². The van der Waals surface area contributed by atoms with E-state index in [-0.39, 0.29) is 24.6 Å². The Morgan fingerprint density at radius 1 is 1.26 bits per heavy atom. The lowest BCUT2D eigenvalue weighted by Gasteiger charge is -2.04. The molecule has 0 fully saturated rings. The molecule has 104 valence electrons. The van der Waals surface area contributed by atoms with Crippen molar-refractivity contribution in [2.45, 2.75) is 39.5 Å². The number of benzene rings is 1. The molecule has 0 aliphatic carbocycles. The van der Waals surface area contributed by atoms with E-state index in [1.165, 1.54) is 6.07 Å². The van der Waals surface area contributed by atoms with Gasteiger partial charge < -0.3 is 4.74 Å². The number of unbranched alkanes of at least 4 members (excludes halogenated alkanes) is 1. The van der Waals surface area contributed by atoms with Gasteiger partial charge in [-0.15, -0.1) is 0 Å². The second-order valence-electron chi connectivity index (χ2n) is 4.46. The molecule has 19 heavy (non-hydrogen) atoms. The van der Waals surface area contributed by atoms with Crippen LogP contribution in [0.2, 0.25) is 0 Å². The van der Waals surface area contributed by atoms with Crippen LogP contribution >= 0.6 is 0 Å². The molecule has 0 saturated heterocycles. The third kappa shape index (κ3) is 5.20. The van der Waals surface area contributed by atoms with Crippen molar-refractivity contribution in [3.8, 4) is 0 Å². The van der Waals surface area contributed by atoms with Crippen molar-refractivity contribution >= 4 is 11.8 Å². The number of hydrogen-bond donors (Lipinski definition) is 0. The minimum Gasteiger partial charge on any atom is -0.466 e. The monoisotopic (exact) mass is 266 g/mol. The molecule has 3 nitrogen and oxygen atoms in total. The Morgan fingerprint density at radius 2 is 2.00 bits per heavy atom. The number of carbonyl (C=O) groups excluding carboxylic acids is 2. The first-order valence-electron chi connectivity index (χ1n) is 6.49. The molecule has 0 saturated carbocycles. The molecule has 0 spiro atoms. The van der Waals surface area contributed by atoms with Gasteiger partial charge in [-0.05, 0) is 25.0 Å². The average molecular weight is 266 g/mol. The number of halogens is 1. The third-order valence-corrected chi connectivity index (χ3v) is 2.81. The third-order valence-electron chi connectivity index (χ3n) is 2.81. The molecule has 1 rings (SSSR count). The van der Waals surface area contributed by atoms with Gasteiger partial charge in [0.05, 0.1) is 13.0 Å². The molecular formula is C15H19FO3. The first kappa shape index (κ1) is 15.3. The maximum Gasteiger partial charge on any atom is 0.306 e. The largest absolute Gasteiger partial charge is 0.466 e. The Kier molecular flexibility index (Phi) is 6.19. The van der Waals surface area contributed by atoms with Crippen molar-refractivity contribution in [2.75, 3.05) is 6.61 Å². The number of carbonyl (C=O) groups is 2. The maximum atomic E-state index is 13.3. The van der Waals surface area contributed by atoms with Gasteiger partial charge in [0.1, 0.15) is 5.82 Å². The molecule has 0 aliphatic heterocycles. The first-order chi connectivity index (χ1) is 9.04. The van der Waals surface area contributed by atoms with E-state index < -0.39 is 5.82 Å². The molecule has 0 unspecified atom stereocenters. The summed E-state index contributed by atoms with van der Waals surface area (Å²) in [5.41, 5.74) is 0.792. The minimum atomic E-state index is -0.406. The lowest BCUT2D eigenvalue weighted by atomic mass is 10.0. The fourth-order valence-electron chi connectivity index (χ4n) is 1.53. The molecule has 0 aliphatic rings. The summed E-state index contributed by atoms with van der Waals surface area (Å²) in [7, 11) is 0. The minimum absolute atomic E-state index is 0.0397. The van der Waals surface area contributed by atoms with E-state index in [1.54, 1.807) is 19.1 Å². The van der Waals surface area contributed by atoms with Crippen molar-refractivity contribution in [3.63, 3.8) is 0 Å². The van der Waals surface area contributed by atoms with Crippen molar-refractivity contribution in [1.29, 1.82) is 0 Å². The summed E-state index contributed by atoms with van der Waals surface area (Å²) in [6.07, 6.45) is 1.86. The van der Waals surface area contributed by atoms with Crippen molar-refractivity contribution < 1.29 is 18.7 Å². The highest BCUT2D eigenvalue weighted by Crippen LogP contribution is 2.12. The van der Waals surface area contributed by atoms with Gasteiger partial charge >= 0.3 is 5.97 Å². The number of hydrogen-bond acceptors (Lipinski definition) is 3. The number of ketones is 1. The Morgan fingerprint density at radius 3 is 2.63 bits per heavy atom. The Bertz CT molecular complexity index is 455. The van der Waals surface area contributed by atoms with Crippen molar-refractivity contribution in [2.24, 2.45) is 0 Å². The van der Waals surface area contributed by atoms with E-state index in [4.69, 9.17) is 4.74 Å². The summed E-state index contributed by atoms with van der Waals surface area (Å²) >= 11 is 0. The van der Waals surface area contributed by atoms with Crippen LogP contribution in [0.25, 0.3) is 0 Å². The normalized spacial score (nSPS) is 10.3. The molecule has 0 heterocycles. The smallest absolute Gasteiger partial charge is 0.306 e. The zero-order valence-electron chi connectivity index (χ0n) is 11.4. The Labute approximate surface area is 112 Å². The van der Waals surface area contributed by atoms with Gasteiger partial charge in [-0.2, -0.15) is 0 Å². The molecule has 0 aromatic heterocycles. The van der Waals surface area contributed by atoms with Gasteiger partial charge in [-0.1, -0.05) is 25.5 Å². The predicted octanol–water partition coefficient (Wildman–Crippen LogP) is 3.44. The van der Waals surface area contributed by atoms with Gasteiger partial charge in [-0.3, -0.25) is 9.59 Å². The van der Waals surface area contributed by atoms with E-state index in [0.717, 1.165) is 12.8 Å². The quantitative estimate of drug-likeness (QED) is 0.431. The topological polar surface area (TPSA) is 43.4 Å². The van der Waals surface area contributed by atoms with E-state index in [9.17, 15) is 14.0 Å². The number of aryl methyl sites for hydroxylation is 1. The summed E-state index contributed by atoms with van der Waals surface area (Å²) in [6.45, 7) is 4.03. The second-order valence-corrected chi connectivity index (χ2v) is 4.46. The molecule has 0 N–H and O–H groups in total. The summed E-state index contributed by atoms with van der Waals surface area (Å²) in [5.74, 6) is -1.03. The van der Waals surface area contributed by atoms with Gasteiger partial charge in [-0.25, -0.2) is 4.39 Å². The fraction of sp³-hybridized carbons (Fsp3) is 0.467. The predicted molar refractivity (Wildman–Crippen MR) is 70.6 cm³/mol. The van der Waals surface area contributed by atoms with E-state index in [1.807, 2.05) is 6.92 Å².